The fourth-order valence-corrected chi connectivity index (χ4v) is 3.49. The van der Waals surface area contributed by atoms with Crippen molar-refractivity contribution in [2.45, 2.75) is 12.3 Å². The lowest BCUT2D eigenvalue weighted by molar-refractivity contribution is -0.141. The number of carbonyl (C=O) groups excluding carboxylic acids is 1. The van der Waals surface area contributed by atoms with Crippen molar-refractivity contribution in [2.24, 2.45) is 0 Å². The molecule has 2 unspecified atom stereocenters. The van der Waals surface area contributed by atoms with Gasteiger partial charge in [0.05, 0.1) is 16.6 Å². The number of hydrogen-bond donors (Lipinski definition) is 3. The molecular weight excluding hydrogens is 492 g/mol. The summed E-state index contributed by atoms with van der Waals surface area (Å²) in [4.78, 5) is 24.2. The lowest BCUT2D eigenvalue weighted by atomic mass is 10.2. The molecule has 186 valence electrons. The molecule has 9 nitrogen and oxygen atoms in total. The van der Waals surface area contributed by atoms with Crippen LogP contribution in [0.2, 0.25) is 0 Å². The molecule has 2 atom stereocenters. The Kier molecular flexibility index (Phi) is 7.43. The highest BCUT2D eigenvalue weighted by Gasteiger charge is 2.30. The van der Waals surface area contributed by atoms with Crippen LogP contribution in [0.15, 0.2) is 49.4 Å². The predicted octanol–water partition coefficient (Wildman–Crippen LogP) is 3.19. The van der Waals surface area contributed by atoms with Crippen LogP contribution in [0, 0.1) is 5.82 Å². The minimum absolute atomic E-state index is 0.0114. The summed E-state index contributed by atoms with van der Waals surface area (Å²) in [5, 5.41) is 4.53. The minimum Gasteiger partial charge on any atom is -0.458 e. The molecule has 0 spiro atoms. The third-order valence-electron chi connectivity index (χ3n) is 4.22. The second kappa shape index (κ2) is 10.1. The first-order valence-corrected chi connectivity index (χ1v) is 11.9. The predicted molar refractivity (Wildman–Crippen MR) is 126 cm³/mol. The van der Waals surface area contributed by atoms with Crippen LogP contribution < -0.4 is 20.1 Å². The minimum atomic E-state index is -4.60. The molecule has 35 heavy (non-hydrogen) atoms. The van der Waals surface area contributed by atoms with E-state index >= 15 is 0 Å². The van der Waals surface area contributed by atoms with Gasteiger partial charge in [0.25, 0.3) is 5.91 Å². The van der Waals surface area contributed by atoms with E-state index in [1.165, 1.54) is 30.7 Å². The first-order chi connectivity index (χ1) is 16.4. The Labute approximate surface area is 197 Å². The number of pyridine rings is 1. The average molecular weight is 512 g/mol. The normalized spacial score (nSPS) is 14.0. The Bertz CT molecular complexity index is 1360. The number of amides is 1. The summed E-state index contributed by atoms with van der Waals surface area (Å²) in [6, 6.07) is 5.55. The van der Waals surface area contributed by atoms with Gasteiger partial charge in [-0.15, -0.1) is 0 Å². The number of aromatic nitrogens is 3. The Hall–Kier alpha value is -3.94. The number of fused-ring (bicyclic) bond motifs is 1. The summed E-state index contributed by atoms with van der Waals surface area (Å²) < 4.78 is 72.2. The molecule has 0 aliphatic carbocycles. The molecule has 0 saturated heterocycles. The monoisotopic (exact) mass is 512 g/mol. The number of carbonyl (C=O) groups is 1. The van der Waals surface area contributed by atoms with Crippen LogP contribution in [0.5, 0.6) is 5.88 Å². The smallest absolute Gasteiger partial charge is 0.405 e. The molecule has 0 aliphatic rings. The number of benzene rings is 1. The maximum Gasteiger partial charge on any atom is 0.405 e. The molecule has 0 saturated carbocycles. The largest absolute Gasteiger partial charge is 0.458 e. The van der Waals surface area contributed by atoms with Gasteiger partial charge >= 0.3 is 6.18 Å². The zero-order valence-corrected chi connectivity index (χ0v) is 19.0. The third-order valence-corrected chi connectivity index (χ3v) is 4.89. The highest BCUT2D eigenvalue weighted by Crippen LogP contribution is 2.31. The first-order valence-electron chi connectivity index (χ1n) is 9.76. The summed E-state index contributed by atoms with van der Waals surface area (Å²) in [6.45, 7) is 1.86. The van der Waals surface area contributed by atoms with E-state index in [1.807, 2.05) is 0 Å². The molecular formula is C21H20F4N6O3S. The van der Waals surface area contributed by atoms with E-state index in [0.29, 0.717) is 0 Å². The Morgan fingerprint density at radius 2 is 2.03 bits per heavy atom. The molecule has 1 aromatic carbocycles. The van der Waals surface area contributed by atoms with E-state index in [1.54, 1.807) is 5.32 Å². The van der Waals surface area contributed by atoms with Crippen LogP contribution in [-0.2, 0) is 14.5 Å². The van der Waals surface area contributed by atoms with Gasteiger partial charge in [0.2, 0.25) is 5.88 Å². The quantitative estimate of drug-likeness (QED) is 0.229. The van der Waals surface area contributed by atoms with Gasteiger partial charge in [-0.1, -0.05) is 6.58 Å². The molecule has 3 aromatic rings. The van der Waals surface area contributed by atoms with Crippen LogP contribution in [0.3, 0.4) is 0 Å². The Morgan fingerprint density at radius 3 is 2.69 bits per heavy atom. The third kappa shape index (κ3) is 7.02. The van der Waals surface area contributed by atoms with Gasteiger partial charge < -0.3 is 20.1 Å². The molecule has 2 aromatic heterocycles. The lowest BCUT2D eigenvalue weighted by Crippen LogP contribution is -2.41. The molecule has 3 N–H and O–H groups in total. The van der Waals surface area contributed by atoms with Crippen molar-refractivity contribution < 1.29 is 31.3 Å². The fourth-order valence-electron chi connectivity index (χ4n) is 2.87. The van der Waals surface area contributed by atoms with E-state index in [4.69, 9.17) is 4.74 Å². The zero-order chi connectivity index (χ0) is 25.8. The summed E-state index contributed by atoms with van der Waals surface area (Å²) in [6.07, 6.45) is -1.25. The second-order valence-electron chi connectivity index (χ2n) is 7.27. The Balaban J connectivity index is 1.90. The molecule has 14 heteroatoms. The van der Waals surface area contributed by atoms with Crippen LogP contribution >= 0.6 is 0 Å². The van der Waals surface area contributed by atoms with Crippen LogP contribution in [0.4, 0.5) is 34.8 Å². The van der Waals surface area contributed by atoms with Gasteiger partial charge in [-0.05, 0) is 36.2 Å². The second-order valence-corrected chi connectivity index (χ2v) is 9.48. The van der Waals surface area contributed by atoms with Gasteiger partial charge in [-0.25, -0.2) is 23.6 Å². The number of rotatable bonds is 9. The number of nitrogens with zero attached hydrogens (tertiary/aromatic N) is 3. The zero-order valence-electron chi connectivity index (χ0n) is 18.2. The molecule has 0 radical (unpaired) electrons. The van der Waals surface area contributed by atoms with Crippen molar-refractivity contribution in [3.63, 3.8) is 0 Å². The summed E-state index contributed by atoms with van der Waals surface area (Å²) in [5.41, 5.74) is 0.514. The highest BCUT2D eigenvalue weighted by atomic mass is 32.2. The molecule has 0 bridgehead atoms. The van der Waals surface area contributed by atoms with E-state index in [9.17, 15) is 26.6 Å². The van der Waals surface area contributed by atoms with Gasteiger partial charge in [-0.2, -0.15) is 13.2 Å². The number of hydrogen-bond acceptors (Lipinski definition) is 7. The molecule has 0 aliphatic heterocycles. The highest BCUT2D eigenvalue weighted by molar-refractivity contribution is 8.00. The lowest BCUT2D eigenvalue weighted by Gasteiger charge is -2.18. The van der Waals surface area contributed by atoms with Crippen molar-refractivity contribution in [3.05, 3.63) is 55.3 Å². The number of nitrogens with one attached hydrogen (secondary N) is 3. The van der Waals surface area contributed by atoms with Crippen molar-refractivity contribution in [1.82, 2.24) is 20.3 Å². The van der Waals surface area contributed by atoms with Crippen molar-refractivity contribution >= 4 is 49.6 Å². The number of halogens is 4. The van der Waals surface area contributed by atoms with Crippen molar-refractivity contribution in [3.8, 4) is 5.88 Å². The van der Waals surface area contributed by atoms with Gasteiger partial charge in [0.1, 0.15) is 30.2 Å². The fraction of sp³-hybridized carbons (Fsp3) is 0.190. The maximum atomic E-state index is 15.0. The van der Waals surface area contributed by atoms with Crippen LogP contribution in [0.1, 0.15) is 0 Å². The summed E-state index contributed by atoms with van der Waals surface area (Å²) in [7, 11) is -2.66. The number of ether oxygens (including phenoxy) is 1. The SMILES string of the molecule is C=CC(Oc1ncccc1Nc1ncnc2cc(NS(=C)(C)=O)cc(F)c12)C(=O)NCC(F)(F)F. The maximum absolute atomic E-state index is 15.0. The van der Waals surface area contributed by atoms with Gasteiger partial charge in [0.15, 0.2) is 6.10 Å². The standard InChI is InChI=1S/C21H20F4N6O3S/c1-4-16(19(32)27-10-21(23,24)25)34-20-14(6-5-7-26-20)30-18-17-13(22)8-12(31-35(2,3)33)9-15(17)28-11-29-18/h4-9,11,16H,1-2,10H2,3H3,(H,27,32)(H,31,33)(H,28,29,30). The summed E-state index contributed by atoms with van der Waals surface area (Å²) >= 11 is 0. The molecule has 1 amide bonds. The van der Waals surface area contributed by atoms with E-state index in [0.717, 1.165) is 18.5 Å². The van der Waals surface area contributed by atoms with E-state index < -0.39 is 40.3 Å². The van der Waals surface area contributed by atoms with Crippen molar-refractivity contribution in [2.75, 3.05) is 22.8 Å². The first kappa shape index (κ1) is 25.7. The van der Waals surface area contributed by atoms with Crippen LogP contribution in [-0.4, -0.2) is 56.0 Å². The average Bonchev–Trinajstić information content (AvgIpc) is 2.75. The topological polar surface area (TPSA) is 118 Å². The Morgan fingerprint density at radius 1 is 1.29 bits per heavy atom. The van der Waals surface area contributed by atoms with Gasteiger partial charge in [0, 0.05) is 22.2 Å². The number of alkyl halides is 3. The molecule has 3 rings (SSSR count). The summed E-state index contributed by atoms with van der Waals surface area (Å²) in [5.74, 6) is 1.49. The number of anilines is 3. The molecule has 0 fully saturated rings. The van der Waals surface area contributed by atoms with Crippen molar-refractivity contribution in [1.29, 1.82) is 0 Å². The van der Waals surface area contributed by atoms with Crippen LogP contribution in [0.25, 0.3) is 10.9 Å². The molecule has 2 heterocycles. The van der Waals surface area contributed by atoms with E-state index in [-0.39, 0.29) is 34.0 Å². The van der Waals surface area contributed by atoms with Gasteiger partial charge in [-0.3, -0.25) is 4.79 Å². The van der Waals surface area contributed by atoms with E-state index in [2.05, 4.69) is 37.4 Å².